The minimum atomic E-state index is 0.861. The van der Waals surface area contributed by atoms with Gasteiger partial charge in [-0.05, 0) is 42.5 Å². The molecule has 0 N–H and O–H groups in total. The minimum Gasteiger partial charge on any atom is -0.317 e. The molecule has 0 spiro atoms. The van der Waals surface area contributed by atoms with Gasteiger partial charge in [0.2, 0.25) is 0 Å². The van der Waals surface area contributed by atoms with Crippen LogP contribution in [0, 0.1) is 0 Å². The van der Waals surface area contributed by atoms with Crippen LogP contribution in [0.2, 0.25) is 0 Å². The van der Waals surface area contributed by atoms with Gasteiger partial charge in [-0.2, -0.15) is 10.2 Å². The summed E-state index contributed by atoms with van der Waals surface area (Å²) in [6.07, 6.45) is 3.99. The molecule has 34 heavy (non-hydrogen) atoms. The van der Waals surface area contributed by atoms with E-state index in [0.29, 0.717) is 0 Å². The Morgan fingerprint density at radius 3 is 2.18 bits per heavy atom. The minimum absolute atomic E-state index is 0.861. The van der Waals surface area contributed by atoms with Gasteiger partial charge in [-0.15, -0.1) is 0 Å². The van der Waals surface area contributed by atoms with Crippen LogP contribution in [0.25, 0.3) is 55.3 Å². The molecule has 4 nitrogen and oxygen atoms in total. The van der Waals surface area contributed by atoms with Crippen molar-refractivity contribution in [2.45, 2.75) is 0 Å². The van der Waals surface area contributed by atoms with Crippen LogP contribution >= 0.6 is 0 Å². The van der Waals surface area contributed by atoms with Crippen molar-refractivity contribution < 1.29 is 0 Å². The van der Waals surface area contributed by atoms with E-state index in [1.165, 1.54) is 21.7 Å². The number of hydrogen-bond acceptors (Lipinski definition) is 2. The summed E-state index contributed by atoms with van der Waals surface area (Å²) in [5.41, 5.74) is 7.59. The lowest BCUT2D eigenvalue weighted by molar-refractivity contribution is 1.01. The molecule has 0 unspecified atom stereocenters. The first-order valence-electron chi connectivity index (χ1n) is 11.3. The predicted molar refractivity (Wildman–Crippen MR) is 139 cm³/mol. The van der Waals surface area contributed by atoms with Gasteiger partial charge in [-0.3, -0.25) is 0 Å². The van der Waals surface area contributed by atoms with Crippen LogP contribution in [-0.2, 0) is 0 Å². The zero-order valence-electron chi connectivity index (χ0n) is 18.3. The summed E-state index contributed by atoms with van der Waals surface area (Å²) in [5, 5.41) is 12.4. The molecule has 0 bridgehead atoms. The largest absolute Gasteiger partial charge is 0.317 e. The maximum Gasteiger partial charge on any atom is 0.0950 e. The van der Waals surface area contributed by atoms with E-state index in [2.05, 4.69) is 110 Å². The first-order valence-corrected chi connectivity index (χ1v) is 11.3. The third-order valence-corrected chi connectivity index (χ3v) is 6.49. The highest BCUT2D eigenvalue weighted by molar-refractivity contribution is 6.13. The lowest BCUT2D eigenvalue weighted by Crippen LogP contribution is -1.97. The molecule has 0 amide bonds. The fourth-order valence-corrected chi connectivity index (χ4v) is 4.92. The van der Waals surface area contributed by atoms with E-state index in [-0.39, 0.29) is 0 Å². The Morgan fingerprint density at radius 2 is 1.32 bits per heavy atom. The van der Waals surface area contributed by atoms with Crippen molar-refractivity contribution in [3.05, 3.63) is 122 Å². The van der Waals surface area contributed by atoms with Gasteiger partial charge < -0.3 is 9.13 Å². The van der Waals surface area contributed by atoms with Crippen LogP contribution in [-0.4, -0.2) is 19.3 Å². The van der Waals surface area contributed by atoms with Crippen LogP contribution < -0.4 is 0 Å². The van der Waals surface area contributed by atoms with Crippen LogP contribution in [0.4, 0.5) is 0 Å². The zero-order chi connectivity index (χ0) is 22.5. The van der Waals surface area contributed by atoms with Gasteiger partial charge in [0.1, 0.15) is 0 Å². The number of fused-ring (bicyclic) bond motifs is 4. The highest BCUT2D eigenvalue weighted by atomic mass is 15.1. The molecule has 0 atom stereocenters. The number of rotatable bonds is 3. The second-order valence-electron chi connectivity index (χ2n) is 8.47. The SMILES string of the molecule is c1ccc(-c2cc(-n3c4ccccc4c4cc5c(ccn5-c5ccccc5)cc43)cnn2)cc1. The van der Waals surface area contributed by atoms with Crippen molar-refractivity contribution >= 4 is 32.7 Å². The highest BCUT2D eigenvalue weighted by Gasteiger charge is 2.16. The number of hydrogen-bond donors (Lipinski definition) is 0. The third kappa shape index (κ3) is 2.86. The molecule has 3 aromatic heterocycles. The van der Waals surface area contributed by atoms with Gasteiger partial charge in [0.25, 0.3) is 0 Å². The van der Waals surface area contributed by atoms with Gasteiger partial charge >= 0.3 is 0 Å². The molecule has 4 heteroatoms. The van der Waals surface area contributed by atoms with Gasteiger partial charge in [-0.1, -0.05) is 66.7 Å². The van der Waals surface area contributed by atoms with E-state index in [1.807, 2.05) is 30.5 Å². The van der Waals surface area contributed by atoms with E-state index in [9.17, 15) is 0 Å². The molecule has 7 rings (SSSR count). The van der Waals surface area contributed by atoms with Crippen LogP contribution in [0.1, 0.15) is 0 Å². The Hall–Kier alpha value is -4.70. The summed E-state index contributed by atoms with van der Waals surface area (Å²) < 4.78 is 4.55. The van der Waals surface area contributed by atoms with Crippen molar-refractivity contribution in [3.63, 3.8) is 0 Å². The average molecular weight is 437 g/mol. The predicted octanol–water partition coefficient (Wildman–Crippen LogP) is 7.18. The van der Waals surface area contributed by atoms with Gasteiger partial charge in [0, 0.05) is 33.6 Å². The molecule has 0 saturated heterocycles. The fourth-order valence-electron chi connectivity index (χ4n) is 4.92. The normalized spacial score (nSPS) is 11.5. The van der Waals surface area contributed by atoms with Crippen molar-refractivity contribution in [2.75, 3.05) is 0 Å². The van der Waals surface area contributed by atoms with Crippen LogP contribution in [0.3, 0.4) is 0 Å². The van der Waals surface area contributed by atoms with E-state index in [1.54, 1.807) is 0 Å². The van der Waals surface area contributed by atoms with Crippen LogP contribution in [0.5, 0.6) is 0 Å². The number of para-hydroxylation sites is 2. The fraction of sp³-hybridized carbons (Fsp3) is 0. The van der Waals surface area contributed by atoms with Crippen molar-refractivity contribution in [1.29, 1.82) is 0 Å². The van der Waals surface area contributed by atoms with Crippen molar-refractivity contribution in [2.24, 2.45) is 0 Å². The third-order valence-electron chi connectivity index (χ3n) is 6.49. The van der Waals surface area contributed by atoms with Gasteiger partial charge in [0.15, 0.2) is 0 Å². The highest BCUT2D eigenvalue weighted by Crippen LogP contribution is 2.36. The molecular formula is C30H20N4. The summed E-state index contributed by atoms with van der Waals surface area (Å²) in [6.45, 7) is 0. The molecule has 0 aliphatic heterocycles. The van der Waals surface area contributed by atoms with Crippen LogP contribution in [0.15, 0.2) is 122 Å². The molecule has 0 radical (unpaired) electrons. The lowest BCUT2D eigenvalue weighted by atomic mass is 10.1. The van der Waals surface area contributed by atoms with Crippen molar-refractivity contribution in [3.8, 4) is 22.6 Å². The second kappa shape index (κ2) is 7.42. The average Bonchev–Trinajstić information content (AvgIpc) is 3.47. The van der Waals surface area contributed by atoms with Crippen molar-refractivity contribution in [1.82, 2.24) is 19.3 Å². The Balaban J connectivity index is 1.51. The first kappa shape index (κ1) is 18.8. The molecular weight excluding hydrogens is 416 g/mol. The monoisotopic (exact) mass is 436 g/mol. The summed E-state index contributed by atoms with van der Waals surface area (Å²) >= 11 is 0. The van der Waals surface area contributed by atoms with E-state index in [4.69, 9.17) is 0 Å². The number of nitrogens with zero attached hydrogens (tertiary/aromatic N) is 4. The molecule has 3 heterocycles. The Kier molecular flexibility index (Phi) is 4.11. The molecule has 0 aliphatic carbocycles. The van der Waals surface area contributed by atoms with Gasteiger partial charge in [-0.25, -0.2) is 0 Å². The molecule has 160 valence electrons. The summed E-state index contributed by atoms with van der Waals surface area (Å²) in [5.74, 6) is 0. The first-order chi connectivity index (χ1) is 16.9. The molecule has 0 saturated carbocycles. The molecule has 0 aliphatic rings. The Bertz CT molecular complexity index is 1790. The Morgan fingerprint density at radius 1 is 0.559 bits per heavy atom. The number of benzene rings is 4. The standard InChI is InChI=1S/C30H20N4/c1-3-9-21(10-4-1)27-18-24(20-31-32-27)34-28-14-8-7-13-25(28)26-19-29-22(17-30(26)34)15-16-33(29)23-11-5-2-6-12-23/h1-20H. The summed E-state index contributed by atoms with van der Waals surface area (Å²) in [7, 11) is 0. The summed E-state index contributed by atoms with van der Waals surface area (Å²) in [6, 6.07) is 38.1. The van der Waals surface area contributed by atoms with E-state index >= 15 is 0 Å². The quantitative estimate of drug-likeness (QED) is 0.294. The van der Waals surface area contributed by atoms with E-state index in [0.717, 1.165) is 33.7 Å². The van der Waals surface area contributed by atoms with E-state index < -0.39 is 0 Å². The molecule has 0 fully saturated rings. The topological polar surface area (TPSA) is 35.6 Å². The number of aromatic nitrogens is 4. The molecule has 7 aromatic rings. The maximum absolute atomic E-state index is 4.40. The Labute approximate surface area is 196 Å². The smallest absolute Gasteiger partial charge is 0.0950 e. The van der Waals surface area contributed by atoms with Gasteiger partial charge in [0.05, 0.1) is 34.1 Å². The summed E-state index contributed by atoms with van der Waals surface area (Å²) in [4.78, 5) is 0. The molecule has 4 aromatic carbocycles. The zero-order valence-corrected chi connectivity index (χ0v) is 18.3. The maximum atomic E-state index is 4.40. The second-order valence-corrected chi connectivity index (χ2v) is 8.47. The lowest BCUT2D eigenvalue weighted by Gasteiger charge is -2.09.